The molecule has 6 heteroatoms. The van der Waals surface area contributed by atoms with Crippen molar-refractivity contribution in [3.63, 3.8) is 0 Å². The van der Waals surface area contributed by atoms with Gasteiger partial charge in [0.05, 0.1) is 5.75 Å². The fourth-order valence-electron chi connectivity index (χ4n) is 1.19. The van der Waals surface area contributed by atoms with Gasteiger partial charge in [-0.25, -0.2) is 17.2 Å². The van der Waals surface area contributed by atoms with E-state index in [9.17, 15) is 17.2 Å². The maximum atomic E-state index is 12.8. The first kappa shape index (κ1) is 12.4. The summed E-state index contributed by atoms with van der Waals surface area (Å²) in [6, 6.07) is 2.03. The molecule has 0 saturated heterocycles. The molecule has 0 unspecified atom stereocenters. The molecule has 1 aromatic rings. The van der Waals surface area contributed by atoms with Crippen LogP contribution < -0.4 is 0 Å². The Morgan fingerprint density at radius 1 is 1.27 bits per heavy atom. The molecule has 0 amide bonds. The lowest BCUT2D eigenvalue weighted by Gasteiger charge is -2.05. The van der Waals surface area contributed by atoms with E-state index >= 15 is 0 Å². The molecule has 84 valence electrons. The largest absolute Gasteiger partial charge is 0.232 e. The minimum atomic E-state index is -3.61. The van der Waals surface area contributed by atoms with Gasteiger partial charge in [-0.3, -0.25) is 0 Å². The van der Waals surface area contributed by atoms with Crippen LogP contribution in [-0.4, -0.2) is 14.2 Å². The fraction of sp³-hybridized carbons (Fsp3) is 0.333. The van der Waals surface area contributed by atoms with Gasteiger partial charge in [-0.15, -0.1) is 0 Å². The van der Waals surface area contributed by atoms with E-state index in [4.69, 9.17) is 10.7 Å². The van der Waals surface area contributed by atoms with E-state index in [1.54, 1.807) is 6.92 Å². The number of benzene rings is 1. The third-order valence-electron chi connectivity index (χ3n) is 1.99. The Kier molecular flexibility index (Phi) is 3.67. The molecular formula is C9H9ClF2O2S. The second-order valence-corrected chi connectivity index (χ2v) is 6.08. The molecule has 2 nitrogen and oxygen atoms in total. The molecule has 0 radical (unpaired) electrons. The third kappa shape index (κ3) is 3.76. The van der Waals surface area contributed by atoms with E-state index in [2.05, 4.69) is 0 Å². The molecule has 0 spiro atoms. The summed E-state index contributed by atoms with van der Waals surface area (Å²) in [4.78, 5) is 0. The molecule has 0 aliphatic rings. The zero-order chi connectivity index (χ0) is 11.6. The maximum Gasteiger partial charge on any atom is 0.232 e. The SMILES string of the molecule is Cc1cc(F)c(F)cc1CCS(=O)(=O)Cl. The Morgan fingerprint density at radius 3 is 2.33 bits per heavy atom. The van der Waals surface area contributed by atoms with Crippen molar-refractivity contribution >= 4 is 19.7 Å². The minimum Gasteiger partial charge on any atom is -0.212 e. The third-order valence-corrected chi connectivity index (χ3v) is 3.15. The summed E-state index contributed by atoms with van der Waals surface area (Å²) in [6.07, 6.45) is 0.0782. The highest BCUT2D eigenvalue weighted by atomic mass is 35.7. The number of hydrogen-bond acceptors (Lipinski definition) is 2. The predicted molar refractivity (Wildman–Crippen MR) is 54.4 cm³/mol. The van der Waals surface area contributed by atoms with Crippen molar-refractivity contribution < 1.29 is 17.2 Å². The van der Waals surface area contributed by atoms with Crippen LogP contribution >= 0.6 is 10.7 Å². The van der Waals surface area contributed by atoms with Gasteiger partial charge < -0.3 is 0 Å². The average molecular weight is 255 g/mol. The Balaban J connectivity index is 2.91. The number of aryl methyl sites for hydroxylation is 2. The van der Waals surface area contributed by atoms with E-state index in [-0.39, 0.29) is 12.2 Å². The van der Waals surface area contributed by atoms with Crippen LogP contribution in [0, 0.1) is 18.6 Å². The van der Waals surface area contributed by atoms with E-state index in [0.717, 1.165) is 12.1 Å². The molecule has 15 heavy (non-hydrogen) atoms. The number of rotatable bonds is 3. The molecule has 0 N–H and O–H groups in total. The summed E-state index contributed by atoms with van der Waals surface area (Å²) < 4.78 is 46.9. The van der Waals surface area contributed by atoms with Crippen LogP contribution in [0.15, 0.2) is 12.1 Å². The summed E-state index contributed by atoms with van der Waals surface area (Å²) in [5.74, 6) is -2.21. The Bertz CT molecular complexity index is 471. The number of hydrogen-bond donors (Lipinski definition) is 0. The highest BCUT2D eigenvalue weighted by Gasteiger charge is 2.10. The molecule has 0 saturated carbocycles. The van der Waals surface area contributed by atoms with Crippen molar-refractivity contribution in [3.8, 4) is 0 Å². The summed E-state index contributed by atoms with van der Waals surface area (Å²) in [6.45, 7) is 1.58. The molecule has 1 aromatic carbocycles. The van der Waals surface area contributed by atoms with Gasteiger partial charge in [-0.05, 0) is 36.6 Å². The molecule has 0 aliphatic carbocycles. The fourth-order valence-corrected chi connectivity index (χ4v) is 1.88. The van der Waals surface area contributed by atoms with Crippen molar-refractivity contribution in [1.29, 1.82) is 0 Å². The standard InChI is InChI=1S/C9H9ClF2O2S/c1-6-4-8(11)9(12)5-7(6)2-3-15(10,13)14/h4-5H,2-3H2,1H3. The van der Waals surface area contributed by atoms with Crippen LogP contribution in [0.2, 0.25) is 0 Å². The first-order valence-corrected chi connectivity index (χ1v) is 6.64. The lowest BCUT2D eigenvalue weighted by Crippen LogP contribution is -2.03. The van der Waals surface area contributed by atoms with Gasteiger partial charge in [0, 0.05) is 10.7 Å². The van der Waals surface area contributed by atoms with Gasteiger partial charge in [-0.2, -0.15) is 0 Å². The van der Waals surface area contributed by atoms with Crippen molar-refractivity contribution in [1.82, 2.24) is 0 Å². The monoisotopic (exact) mass is 254 g/mol. The first-order valence-electron chi connectivity index (χ1n) is 4.16. The Labute approximate surface area is 91.3 Å². The molecule has 0 aromatic heterocycles. The normalized spacial score (nSPS) is 11.7. The molecule has 0 aliphatic heterocycles. The summed E-state index contributed by atoms with van der Waals surface area (Å²) in [5, 5.41) is 0. The number of halogens is 3. The van der Waals surface area contributed by atoms with Gasteiger partial charge in [-0.1, -0.05) is 0 Å². The van der Waals surface area contributed by atoms with E-state index in [0.29, 0.717) is 11.1 Å². The smallest absolute Gasteiger partial charge is 0.212 e. The summed E-state index contributed by atoms with van der Waals surface area (Å²) >= 11 is 0. The molecule has 0 heterocycles. The van der Waals surface area contributed by atoms with Crippen molar-refractivity contribution in [2.75, 3.05) is 5.75 Å². The lowest BCUT2D eigenvalue weighted by atomic mass is 10.1. The van der Waals surface area contributed by atoms with E-state index in [1.165, 1.54) is 0 Å². The van der Waals surface area contributed by atoms with Gasteiger partial charge in [0.2, 0.25) is 9.05 Å². The predicted octanol–water partition coefficient (Wildman–Crippen LogP) is 2.38. The molecule has 0 fully saturated rings. The first-order chi connectivity index (χ1) is 6.79. The molecule has 0 atom stereocenters. The molecule has 1 rings (SSSR count). The highest BCUT2D eigenvalue weighted by Crippen LogP contribution is 2.15. The van der Waals surface area contributed by atoms with E-state index < -0.39 is 20.7 Å². The average Bonchev–Trinajstić information content (AvgIpc) is 2.07. The topological polar surface area (TPSA) is 34.1 Å². The van der Waals surface area contributed by atoms with Gasteiger partial charge in [0.15, 0.2) is 11.6 Å². The minimum absolute atomic E-state index is 0.0782. The quantitative estimate of drug-likeness (QED) is 0.776. The lowest BCUT2D eigenvalue weighted by molar-refractivity contribution is 0.506. The molecular weight excluding hydrogens is 246 g/mol. The Hall–Kier alpha value is -0.680. The van der Waals surface area contributed by atoms with Crippen molar-refractivity contribution in [2.45, 2.75) is 13.3 Å². The van der Waals surface area contributed by atoms with Crippen molar-refractivity contribution in [2.24, 2.45) is 0 Å². The maximum absolute atomic E-state index is 12.8. The van der Waals surface area contributed by atoms with Gasteiger partial charge in [0.25, 0.3) is 0 Å². The summed E-state index contributed by atoms with van der Waals surface area (Å²) in [7, 11) is 1.40. The van der Waals surface area contributed by atoms with Crippen LogP contribution in [0.3, 0.4) is 0 Å². The van der Waals surface area contributed by atoms with Crippen LogP contribution in [0.25, 0.3) is 0 Å². The van der Waals surface area contributed by atoms with Crippen LogP contribution in [0.1, 0.15) is 11.1 Å². The van der Waals surface area contributed by atoms with Gasteiger partial charge >= 0.3 is 0 Å². The second kappa shape index (κ2) is 4.45. The zero-order valence-corrected chi connectivity index (χ0v) is 9.50. The van der Waals surface area contributed by atoms with Crippen molar-refractivity contribution in [3.05, 3.63) is 34.9 Å². The Morgan fingerprint density at radius 2 is 1.80 bits per heavy atom. The van der Waals surface area contributed by atoms with Crippen LogP contribution in [-0.2, 0) is 15.5 Å². The van der Waals surface area contributed by atoms with Crippen LogP contribution in [0.4, 0.5) is 8.78 Å². The van der Waals surface area contributed by atoms with Gasteiger partial charge in [0.1, 0.15) is 0 Å². The van der Waals surface area contributed by atoms with Crippen LogP contribution in [0.5, 0.6) is 0 Å². The zero-order valence-electron chi connectivity index (χ0n) is 7.93. The second-order valence-electron chi connectivity index (χ2n) is 3.19. The highest BCUT2D eigenvalue weighted by molar-refractivity contribution is 8.13. The summed E-state index contributed by atoms with van der Waals surface area (Å²) in [5.41, 5.74) is 0.951. The van der Waals surface area contributed by atoms with E-state index in [1.807, 2.05) is 0 Å². The molecule has 0 bridgehead atoms.